The van der Waals surface area contributed by atoms with E-state index in [-0.39, 0.29) is 5.41 Å². The molecule has 57 heavy (non-hydrogen) atoms. The maximum absolute atomic E-state index is 2.55. The van der Waals surface area contributed by atoms with Gasteiger partial charge in [0.2, 0.25) is 0 Å². The fraction of sp³-hybridized carbons (Fsp3) is 0.357. The number of rotatable bonds is 7. The van der Waals surface area contributed by atoms with Gasteiger partial charge in [-0.15, -0.1) is 0 Å². The van der Waals surface area contributed by atoms with Crippen molar-refractivity contribution in [1.82, 2.24) is 0 Å². The summed E-state index contributed by atoms with van der Waals surface area (Å²) >= 11 is 0. The smallest absolute Gasteiger partial charge is 0.0465 e. The molecule has 7 aliphatic carbocycles. The number of nitrogens with zero attached hydrogens (tertiary/aromatic N) is 1. The Balaban J connectivity index is 0.958. The number of hydrogen-bond acceptors (Lipinski definition) is 1. The van der Waals surface area contributed by atoms with Gasteiger partial charge in [-0.3, -0.25) is 0 Å². The molecule has 0 amide bonds. The lowest BCUT2D eigenvalue weighted by atomic mass is 9.48. The van der Waals surface area contributed by atoms with Crippen LogP contribution in [0, 0.1) is 29.6 Å². The van der Waals surface area contributed by atoms with Gasteiger partial charge in [0.1, 0.15) is 0 Å². The predicted molar refractivity (Wildman–Crippen MR) is 238 cm³/mol. The molecule has 0 radical (unpaired) electrons. The van der Waals surface area contributed by atoms with Gasteiger partial charge >= 0.3 is 0 Å². The van der Waals surface area contributed by atoms with E-state index >= 15 is 0 Å². The first-order valence-electron chi connectivity index (χ1n) is 22.3. The Morgan fingerprint density at radius 2 is 1.02 bits per heavy atom. The minimum absolute atomic E-state index is 0.154. The Bertz CT molecular complexity index is 2440. The molecule has 1 nitrogen and oxygen atoms in total. The standard InChI is InChI=1S/C56H55N/c1-55(2)53-30-47(23-24-48(53)52-31-50(40-9-5-3-6-10-40)51(32-54(52)55)41-11-7-4-8-12-41)57(45-19-15-42(16-20-45)49-29-36-13-14-43(49)28-36)46-21-17-44(18-22-46)56-33-37-25-38(34-56)27-39(26-37)35-56/h3-12,15-24,30-32,36-39,43,49H,13-14,25-29,33-35H2,1-2H3. The van der Waals surface area contributed by atoms with Gasteiger partial charge in [-0.1, -0.05) is 111 Å². The molecule has 6 fully saturated rings. The summed E-state index contributed by atoms with van der Waals surface area (Å²) in [5.41, 5.74) is 17.9. The van der Waals surface area contributed by atoms with E-state index in [0.29, 0.717) is 5.41 Å². The summed E-state index contributed by atoms with van der Waals surface area (Å²) in [6.45, 7) is 4.88. The highest BCUT2D eigenvalue weighted by atomic mass is 15.1. The summed E-state index contributed by atoms with van der Waals surface area (Å²) < 4.78 is 0. The fourth-order valence-corrected chi connectivity index (χ4v) is 14.0. The van der Waals surface area contributed by atoms with Crippen molar-refractivity contribution >= 4 is 17.1 Å². The van der Waals surface area contributed by atoms with Crippen LogP contribution in [0.15, 0.2) is 140 Å². The molecule has 6 aromatic rings. The van der Waals surface area contributed by atoms with Gasteiger partial charge in [0.15, 0.2) is 0 Å². The average Bonchev–Trinajstić information content (AvgIpc) is 3.94. The molecule has 0 heterocycles. The first-order chi connectivity index (χ1) is 27.9. The molecule has 0 aromatic heterocycles. The van der Waals surface area contributed by atoms with E-state index in [2.05, 4.69) is 158 Å². The number of benzene rings is 6. The van der Waals surface area contributed by atoms with Gasteiger partial charge in [-0.2, -0.15) is 0 Å². The Kier molecular flexibility index (Phi) is 7.68. The van der Waals surface area contributed by atoms with Crippen LogP contribution in [0.5, 0.6) is 0 Å². The monoisotopic (exact) mass is 741 g/mol. The highest BCUT2D eigenvalue weighted by molar-refractivity contribution is 5.93. The van der Waals surface area contributed by atoms with Gasteiger partial charge in [-0.25, -0.2) is 0 Å². The van der Waals surface area contributed by atoms with Crippen LogP contribution in [-0.2, 0) is 10.8 Å². The van der Waals surface area contributed by atoms with E-state index in [1.165, 1.54) is 126 Å². The quantitative estimate of drug-likeness (QED) is 0.157. The molecule has 1 heteroatoms. The van der Waals surface area contributed by atoms with E-state index < -0.39 is 0 Å². The van der Waals surface area contributed by atoms with Gasteiger partial charge in [0.05, 0.1) is 0 Å². The molecule has 6 aromatic carbocycles. The van der Waals surface area contributed by atoms with E-state index in [1.807, 2.05) is 0 Å². The highest BCUT2D eigenvalue weighted by Crippen LogP contribution is 2.61. The lowest BCUT2D eigenvalue weighted by molar-refractivity contribution is -0.00518. The fourth-order valence-electron chi connectivity index (χ4n) is 14.0. The van der Waals surface area contributed by atoms with Gasteiger partial charge in [-0.05, 0) is 203 Å². The van der Waals surface area contributed by atoms with Crippen LogP contribution in [0.1, 0.15) is 106 Å². The molecule has 3 unspecified atom stereocenters. The molecule has 13 rings (SSSR count). The predicted octanol–water partition coefficient (Wildman–Crippen LogP) is 15.2. The minimum Gasteiger partial charge on any atom is -0.310 e. The maximum atomic E-state index is 2.55. The summed E-state index contributed by atoms with van der Waals surface area (Å²) in [4.78, 5) is 2.55. The van der Waals surface area contributed by atoms with Crippen molar-refractivity contribution in [2.75, 3.05) is 4.90 Å². The van der Waals surface area contributed by atoms with Crippen molar-refractivity contribution < 1.29 is 0 Å². The lowest BCUT2D eigenvalue weighted by Gasteiger charge is -2.57. The average molecular weight is 742 g/mol. The van der Waals surface area contributed by atoms with Crippen LogP contribution in [0.3, 0.4) is 0 Å². The summed E-state index contributed by atoms with van der Waals surface area (Å²) in [7, 11) is 0. The molecular weight excluding hydrogens is 687 g/mol. The summed E-state index contributed by atoms with van der Waals surface area (Å²) in [6, 6.07) is 54.0. The van der Waals surface area contributed by atoms with E-state index in [1.54, 1.807) is 11.1 Å². The zero-order chi connectivity index (χ0) is 37.9. The van der Waals surface area contributed by atoms with Crippen LogP contribution < -0.4 is 4.90 Å². The first kappa shape index (κ1) is 34.2. The van der Waals surface area contributed by atoms with E-state index in [4.69, 9.17) is 0 Å². The molecule has 0 N–H and O–H groups in total. The van der Waals surface area contributed by atoms with E-state index in [0.717, 1.165) is 35.5 Å². The zero-order valence-corrected chi connectivity index (χ0v) is 33.8. The van der Waals surface area contributed by atoms with Crippen LogP contribution in [0.2, 0.25) is 0 Å². The summed E-state index contributed by atoms with van der Waals surface area (Å²) in [5.74, 6) is 5.44. The number of fused-ring (bicyclic) bond motifs is 5. The number of hydrogen-bond donors (Lipinski definition) is 0. The second-order valence-corrected chi connectivity index (χ2v) is 20.0. The van der Waals surface area contributed by atoms with Crippen molar-refractivity contribution in [3.05, 3.63) is 162 Å². The summed E-state index contributed by atoms with van der Waals surface area (Å²) in [6.07, 6.45) is 14.4. The van der Waals surface area contributed by atoms with Crippen molar-refractivity contribution in [1.29, 1.82) is 0 Å². The SMILES string of the molecule is CC1(C)c2cc(N(c3ccc(C4CC5CCC4C5)cc3)c3ccc(C45CC6CC(CC(C6)C4)C5)cc3)ccc2-c2cc(-c3ccccc3)c(-c3ccccc3)cc21. The zero-order valence-electron chi connectivity index (χ0n) is 33.8. The van der Waals surface area contributed by atoms with Gasteiger partial charge in [0.25, 0.3) is 0 Å². The molecule has 6 bridgehead atoms. The van der Waals surface area contributed by atoms with Crippen molar-refractivity contribution in [2.24, 2.45) is 29.6 Å². The van der Waals surface area contributed by atoms with Crippen LogP contribution in [0.25, 0.3) is 33.4 Å². The normalized spacial score (nSPS) is 28.4. The van der Waals surface area contributed by atoms with E-state index in [9.17, 15) is 0 Å². The second-order valence-electron chi connectivity index (χ2n) is 20.0. The molecule has 7 aliphatic rings. The van der Waals surface area contributed by atoms with Crippen molar-refractivity contribution in [2.45, 2.75) is 94.8 Å². The van der Waals surface area contributed by atoms with Crippen LogP contribution in [0.4, 0.5) is 17.1 Å². The third-order valence-corrected chi connectivity index (χ3v) is 16.3. The Labute approximate surface area is 340 Å². The highest BCUT2D eigenvalue weighted by Gasteiger charge is 2.51. The van der Waals surface area contributed by atoms with Crippen LogP contribution in [-0.4, -0.2) is 0 Å². The Hall–Kier alpha value is -4.88. The first-order valence-corrected chi connectivity index (χ1v) is 22.3. The van der Waals surface area contributed by atoms with Crippen molar-refractivity contribution in [3.63, 3.8) is 0 Å². The minimum atomic E-state index is -0.154. The summed E-state index contributed by atoms with van der Waals surface area (Å²) in [5, 5.41) is 0. The molecular formula is C56H55N. The number of anilines is 3. The molecule has 3 atom stereocenters. The topological polar surface area (TPSA) is 3.24 Å². The molecule has 0 aliphatic heterocycles. The van der Waals surface area contributed by atoms with Crippen LogP contribution >= 0.6 is 0 Å². The Morgan fingerprint density at radius 3 is 1.60 bits per heavy atom. The maximum Gasteiger partial charge on any atom is 0.0465 e. The molecule has 6 saturated carbocycles. The van der Waals surface area contributed by atoms with Crippen molar-refractivity contribution in [3.8, 4) is 33.4 Å². The van der Waals surface area contributed by atoms with Gasteiger partial charge < -0.3 is 4.90 Å². The third kappa shape index (κ3) is 5.47. The largest absolute Gasteiger partial charge is 0.310 e. The molecule has 284 valence electrons. The van der Waals surface area contributed by atoms with Gasteiger partial charge in [0, 0.05) is 22.5 Å². The molecule has 0 spiro atoms. The second kappa shape index (κ2) is 12.8. The third-order valence-electron chi connectivity index (χ3n) is 16.3. The molecule has 0 saturated heterocycles. The lowest BCUT2D eigenvalue weighted by Crippen LogP contribution is -2.48. The Morgan fingerprint density at radius 1 is 0.456 bits per heavy atom.